The fourth-order valence-electron chi connectivity index (χ4n) is 2.48. The highest BCUT2D eigenvalue weighted by Crippen LogP contribution is 2.13. The molecule has 0 spiro atoms. The maximum Gasteiger partial charge on any atom is 0.184 e. The van der Waals surface area contributed by atoms with Crippen molar-refractivity contribution in [1.29, 1.82) is 0 Å². The van der Waals surface area contributed by atoms with Crippen molar-refractivity contribution in [2.75, 3.05) is 19.8 Å². The zero-order chi connectivity index (χ0) is 16.6. The SMILES string of the molecule is O=C(CCC1COCCO1)c1cc(COCc2ccccc2)on1. The van der Waals surface area contributed by atoms with Crippen LogP contribution in [0.5, 0.6) is 0 Å². The molecule has 1 saturated heterocycles. The summed E-state index contributed by atoms with van der Waals surface area (Å²) in [5, 5.41) is 3.83. The van der Waals surface area contributed by atoms with E-state index in [1.54, 1.807) is 6.07 Å². The quantitative estimate of drug-likeness (QED) is 0.693. The average molecular weight is 331 g/mol. The molecule has 1 aliphatic rings. The van der Waals surface area contributed by atoms with Crippen LogP contribution in [0.4, 0.5) is 0 Å². The van der Waals surface area contributed by atoms with Gasteiger partial charge in [-0.1, -0.05) is 35.5 Å². The highest BCUT2D eigenvalue weighted by molar-refractivity contribution is 5.94. The van der Waals surface area contributed by atoms with Crippen LogP contribution in [-0.2, 0) is 27.4 Å². The number of nitrogens with zero attached hydrogens (tertiary/aromatic N) is 1. The van der Waals surface area contributed by atoms with Gasteiger partial charge in [0.15, 0.2) is 11.5 Å². The molecule has 0 saturated carbocycles. The summed E-state index contributed by atoms with van der Waals surface area (Å²) in [5.41, 5.74) is 1.42. The Hall–Kier alpha value is -2.02. The fraction of sp³-hybridized carbons (Fsp3) is 0.444. The third-order valence-electron chi connectivity index (χ3n) is 3.78. The summed E-state index contributed by atoms with van der Waals surface area (Å²) in [5.74, 6) is 0.494. The van der Waals surface area contributed by atoms with Crippen molar-refractivity contribution >= 4 is 5.78 Å². The minimum atomic E-state index is -0.0535. The van der Waals surface area contributed by atoms with Crippen LogP contribution in [0.3, 0.4) is 0 Å². The summed E-state index contributed by atoms with van der Waals surface area (Å²) in [7, 11) is 0. The molecule has 1 aromatic carbocycles. The molecule has 0 radical (unpaired) electrons. The van der Waals surface area contributed by atoms with E-state index in [1.165, 1.54) is 0 Å². The number of carbonyl (C=O) groups excluding carboxylic acids is 1. The van der Waals surface area contributed by atoms with E-state index in [-0.39, 0.29) is 18.5 Å². The molecule has 0 N–H and O–H groups in total. The van der Waals surface area contributed by atoms with Crippen LogP contribution in [-0.4, -0.2) is 36.9 Å². The Kier molecular flexibility index (Phi) is 6.12. The number of ether oxygens (including phenoxy) is 3. The third kappa shape index (κ3) is 4.99. The Morgan fingerprint density at radius 1 is 1.21 bits per heavy atom. The number of ketones is 1. The Morgan fingerprint density at radius 2 is 2.08 bits per heavy atom. The van der Waals surface area contributed by atoms with E-state index in [1.807, 2.05) is 30.3 Å². The molecule has 24 heavy (non-hydrogen) atoms. The van der Waals surface area contributed by atoms with Gasteiger partial charge in [0.05, 0.1) is 32.5 Å². The summed E-state index contributed by atoms with van der Waals surface area (Å²) in [6, 6.07) is 11.5. The van der Waals surface area contributed by atoms with Crippen LogP contribution < -0.4 is 0 Å². The first kappa shape index (κ1) is 16.8. The van der Waals surface area contributed by atoms with Gasteiger partial charge in [-0.05, 0) is 12.0 Å². The van der Waals surface area contributed by atoms with Crippen molar-refractivity contribution in [2.45, 2.75) is 32.2 Å². The van der Waals surface area contributed by atoms with Gasteiger partial charge in [0.1, 0.15) is 12.3 Å². The van der Waals surface area contributed by atoms with Gasteiger partial charge in [0, 0.05) is 12.5 Å². The van der Waals surface area contributed by atoms with Gasteiger partial charge in [-0.15, -0.1) is 0 Å². The lowest BCUT2D eigenvalue weighted by molar-refractivity contribution is -0.0902. The maximum atomic E-state index is 12.1. The molecule has 2 aromatic rings. The first-order valence-corrected chi connectivity index (χ1v) is 8.11. The highest BCUT2D eigenvalue weighted by Gasteiger charge is 2.18. The van der Waals surface area contributed by atoms with E-state index >= 15 is 0 Å². The number of hydrogen-bond acceptors (Lipinski definition) is 6. The summed E-state index contributed by atoms with van der Waals surface area (Å²) < 4.78 is 21.6. The Morgan fingerprint density at radius 3 is 2.88 bits per heavy atom. The van der Waals surface area contributed by atoms with Crippen LogP contribution in [0.2, 0.25) is 0 Å². The minimum Gasteiger partial charge on any atom is -0.376 e. The number of benzene rings is 1. The first-order chi connectivity index (χ1) is 11.8. The zero-order valence-corrected chi connectivity index (χ0v) is 13.5. The Labute approximate surface area is 140 Å². The smallest absolute Gasteiger partial charge is 0.184 e. The standard InChI is InChI=1S/C18H21NO5/c20-18(7-6-15-12-21-8-9-23-15)17-10-16(24-19-17)13-22-11-14-4-2-1-3-5-14/h1-5,10,15H,6-9,11-13H2. The average Bonchev–Trinajstić information content (AvgIpc) is 3.10. The van der Waals surface area contributed by atoms with Crippen molar-refractivity contribution in [2.24, 2.45) is 0 Å². The molecule has 0 bridgehead atoms. The second-order valence-electron chi connectivity index (χ2n) is 5.69. The first-order valence-electron chi connectivity index (χ1n) is 8.11. The molecule has 6 nitrogen and oxygen atoms in total. The Bertz CT molecular complexity index is 634. The number of Topliss-reactive ketones (excluding diaryl/α,β-unsaturated/α-hetero) is 1. The monoisotopic (exact) mass is 331 g/mol. The van der Waals surface area contributed by atoms with Gasteiger partial charge in [-0.2, -0.15) is 0 Å². The molecule has 6 heteroatoms. The predicted molar refractivity (Wildman–Crippen MR) is 85.6 cm³/mol. The minimum absolute atomic E-state index is 0.0109. The second-order valence-corrected chi connectivity index (χ2v) is 5.69. The lowest BCUT2D eigenvalue weighted by Gasteiger charge is -2.22. The van der Waals surface area contributed by atoms with Crippen LogP contribution >= 0.6 is 0 Å². The molecule has 3 rings (SSSR count). The topological polar surface area (TPSA) is 70.8 Å². The predicted octanol–water partition coefficient (Wildman–Crippen LogP) is 2.77. The van der Waals surface area contributed by atoms with Crippen molar-refractivity contribution < 1.29 is 23.5 Å². The second kappa shape index (κ2) is 8.73. The summed E-state index contributed by atoms with van der Waals surface area (Å²) in [6.07, 6.45) is 0.986. The van der Waals surface area contributed by atoms with Gasteiger partial charge in [-0.25, -0.2) is 0 Å². The molecule has 0 aliphatic carbocycles. The van der Waals surface area contributed by atoms with E-state index in [4.69, 9.17) is 18.7 Å². The lowest BCUT2D eigenvalue weighted by atomic mass is 10.1. The van der Waals surface area contributed by atoms with Gasteiger partial charge in [-0.3, -0.25) is 4.79 Å². The van der Waals surface area contributed by atoms with E-state index < -0.39 is 0 Å². The number of carbonyl (C=O) groups is 1. The van der Waals surface area contributed by atoms with Crippen molar-refractivity contribution in [3.63, 3.8) is 0 Å². The van der Waals surface area contributed by atoms with Crippen LogP contribution in [0.15, 0.2) is 40.9 Å². The number of rotatable bonds is 8. The molecular formula is C18H21NO5. The largest absolute Gasteiger partial charge is 0.376 e. The zero-order valence-electron chi connectivity index (χ0n) is 13.5. The molecule has 1 aromatic heterocycles. The number of hydrogen-bond donors (Lipinski definition) is 0. The van der Waals surface area contributed by atoms with E-state index in [2.05, 4.69) is 5.16 Å². The van der Waals surface area contributed by atoms with E-state index in [0.29, 0.717) is 50.7 Å². The summed E-state index contributed by atoms with van der Waals surface area (Å²) in [4.78, 5) is 12.1. The normalized spacial score (nSPS) is 17.8. The molecule has 1 unspecified atom stereocenters. The number of aromatic nitrogens is 1. The van der Waals surface area contributed by atoms with Gasteiger partial charge < -0.3 is 18.7 Å². The van der Waals surface area contributed by atoms with Crippen molar-refractivity contribution in [3.05, 3.63) is 53.4 Å². The fourth-order valence-corrected chi connectivity index (χ4v) is 2.48. The van der Waals surface area contributed by atoms with E-state index in [9.17, 15) is 4.79 Å². The van der Waals surface area contributed by atoms with Crippen LogP contribution in [0.25, 0.3) is 0 Å². The molecule has 1 aliphatic heterocycles. The van der Waals surface area contributed by atoms with E-state index in [0.717, 1.165) is 5.56 Å². The lowest BCUT2D eigenvalue weighted by Crippen LogP contribution is -2.29. The maximum absolute atomic E-state index is 12.1. The van der Waals surface area contributed by atoms with Crippen LogP contribution in [0.1, 0.15) is 34.7 Å². The van der Waals surface area contributed by atoms with Gasteiger partial charge in [0.2, 0.25) is 0 Å². The van der Waals surface area contributed by atoms with Gasteiger partial charge >= 0.3 is 0 Å². The molecule has 1 atom stereocenters. The Balaban J connectivity index is 1.41. The summed E-state index contributed by atoms with van der Waals surface area (Å²) in [6.45, 7) is 2.54. The molecular weight excluding hydrogens is 310 g/mol. The molecule has 2 heterocycles. The molecule has 128 valence electrons. The van der Waals surface area contributed by atoms with Crippen molar-refractivity contribution in [3.8, 4) is 0 Å². The van der Waals surface area contributed by atoms with Gasteiger partial charge in [0.25, 0.3) is 0 Å². The molecule has 1 fully saturated rings. The molecule has 0 amide bonds. The highest BCUT2D eigenvalue weighted by atomic mass is 16.6. The van der Waals surface area contributed by atoms with Crippen molar-refractivity contribution in [1.82, 2.24) is 5.16 Å². The summed E-state index contributed by atoms with van der Waals surface area (Å²) >= 11 is 0. The van der Waals surface area contributed by atoms with Crippen LogP contribution in [0, 0.1) is 0 Å². The third-order valence-corrected chi connectivity index (χ3v) is 3.78.